The average molecular weight is 297 g/mol. The fourth-order valence-corrected chi connectivity index (χ4v) is 2.82. The predicted octanol–water partition coefficient (Wildman–Crippen LogP) is 1.85. The Bertz CT molecular complexity index is 594. The number of aliphatic hydroxyl groups is 1. The van der Waals surface area contributed by atoms with Crippen LogP contribution in [0.2, 0.25) is 5.02 Å². The summed E-state index contributed by atoms with van der Waals surface area (Å²) in [5.41, 5.74) is -1.09. The molecule has 7 heteroatoms. The number of nitro groups is 1. The summed E-state index contributed by atoms with van der Waals surface area (Å²) in [6, 6.07) is 3.91. The number of benzene rings is 1. The van der Waals surface area contributed by atoms with Crippen molar-refractivity contribution in [2.24, 2.45) is 5.92 Å². The van der Waals surface area contributed by atoms with Crippen LogP contribution in [0.3, 0.4) is 0 Å². The number of halogens is 1. The summed E-state index contributed by atoms with van der Waals surface area (Å²) in [6.07, 6.45) is 1.96. The topological polar surface area (TPSA) is 83.7 Å². The summed E-state index contributed by atoms with van der Waals surface area (Å²) >= 11 is 5.81. The van der Waals surface area contributed by atoms with Crippen LogP contribution >= 0.6 is 11.6 Å². The van der Waals surface area contributed by atoms with Gasteiger partial charge in [-0.1, -0.05) is 11.6 Å². The number of hydrogen-bond acceptors (Lipinski definition) is 4. The highest BCUT2D eigenvalue weighted by Crippen LogP contribution is 2.45. The highest BCUT2D eigenvalue weighted by Gasteiger charge is 2.53. The summed E-state index contributed by atoms with van der Waals surface area (Å²) in [4.78, 5) is 24.1. The van der Waals surface area contributed by atoms with Gasteiger partial charge < -0.3 is 10.0 Å². The molecular formula is C13H13ClN2O4. The van der Waals surface area contributed by atoms with E-state index >= 15 is 0 Å². The van der Waals surface area contributed by atoms with Crippen molar-refractivity contribution in [3.63, 3.8) is 0 Å². The lowest BCUT2D eigenvalue weighted by Gasteiger charge is -2.46. The molecule has 1 N–H and O–H groups in total. The zero-order valence-corrected chi connectivity index (χ0v) is 11.3. The molecule has 20 heavy (non-hydrogen) atoms. The molecule has 1 saturated heterocycles. The van der Waals surface area contributed by atoms with E-state index in [1.165, 1.54) is 23.1 Å². The molecule has 6 nitrogen and oxygen atoms in total. The molecule has 2 fully saturated rings. The first-order valence-corrected chi connectivity index (χ1v) is 6.74. The third-order valence-electron chi connectivity index (χ3n) is 3.94. The van der Waals surface area contributed by atoms with Gasteiger partial charge in [-0.25, -0.2) is 0 Å². The van der Waals surface area contributed by atoms with E-state index < -0.39 is 16.4 Å². The van der Waals surface area contributed by atoms with Crippen molar-refractivity contribution in [2.45, 2.75) is 18.4 Å². The SMILES string of the molecule is O=C(c1cc(Cl)ccc1[N+](=O)[O-])N1CC(O)(C2CC2)C1. The highest BCUT2D eigenvalue weighted by atomic mass is 35.5. The van der Waals surface area contributed by atoms with Crippen molar-refractivity contribution in [3.8, 4) is 0 Å². The third-order valence-corrected chi connectivity index (χ3v) is 4.17. The molecule has 0 radical (unpaired) electrons. The molecule has 0 spiro atoms. The van der Waals surface area contributed by atoms with Crippen LogP contribution < -0.4 is 0 Å². The first-order valence-electron chi connectivity index (χ1n) is 6.36. The van der Waals surface area contributed by atoms with Crippen LogP contribution in [-0.4, -0.2) is 39.5 Å². The van der Waals surface area contributed by atoms with Crippen molar-refractivity contribution in [1.29, 1.82) is 0 Å². The number of β-amino-alcohol motifs (C(OH)–C–C–N with tert-alkyl or cyclic N) is 1. The quantitative estimate of drug-likeness (QED) is 0.681. The first-order chi connectivity index (χ1) is 9.40. The highest BCUT2D eigenvalue weighted by molar-refractivity contribution is 6.31. The fourth-order valence-electron chi connectivity index (χ4n) is 2.65. The standard InChI is InChI=1S/C13H13ClN2O4/c14-9-3-4-11(16(19)20)10(5-9)12(17)15-6-13(18,7-15)8-1-2-8/h3-5,8,18H,1-2,6-7H2. The molecule has 2 aliphatic rings. The predicted molar refractivity (Wildman–Crippen MR) is 71.7 cm³/mol. The number of hydrogen-bond donors (Lipinski definition) is 1. The van der Waals surface area contributed by atoms with E-state index in [2.05, 4.69) is 0 Å². The van der Waals surface area contributed by atoms with Gasteiger partial charge in [-0.2, -0.15) is 0 Å². The number of carbonyl (C=O) groups is 1. The summed E-state index contributed by atoms with van der Waals surface area (Å²) in [6.45, 7) is 0.473. The van der Waals surface area contributed by atoms with Gasteiger partial charge in [0, 0.05) is 11.1 Å². The maximum Gasteiger partial charge on any atom is 0.282 e. The molecule has 106 valence electrons. The molecule has 1 aromatic rings. The van der Waals surface area contributed by atoms with Crippen molar-refractivity contribution >= 4 is 23.2 Å². The molecule has 1 heterocycles. The Kier molecular flexibility index (Phi) is 2.95. The fraction of sp³-hybridized carbons (Fsp3) is 0.462. The Morgan fingerprint density at radius 2 is 2.10 bits per heavy atom. The van der Waals surface area contributed by atoms with Crippen molar-refractivity contribution in [1.82, 2.24) is 4.90 Å². The average Bonchev–Trinajstić information content (AvgIpc) is 3.18. The van der Waals surface area contributed by atoms with E-state index in [0.717, 1.165) is 12.8 Å². The number of carbonyl (C=O) groups excluding carboxylic acids is 1. The van der Waals surface area contributed by atoms with Gasteiger partial charge in [0.05, 0.1) is 18.0 Å². The summed E-state index contributed by atoms with van der Waals surface area (Å²) < 4.78 is 0. The number of amides is 1. The van der Waals surface area contributed by atoms with Gasteiger partial charge in [-0.3, -0.25) is 14.9 Å². The summed E-state index contributed by atoms with van der Waals surface area (Å²) in [7, 11) is 0. The number of nitrogens with zero attached hydrogens (tertiary/aromatic N) is 2. The molecule has 1 aliphatic carbocycles. The van der Waals surface area contributed by atoms with Crippen LogP contribution in [0, 0.1) is 16.0 Å². The molecule has 1 saturated carbocycles. The lowest BCUT2D eigenvalue weighted by Crippen LogP contribution is -2.64. The zero-order chi connectivity index (χ0) is 14.5. The second kappa shape index (κ2) is 4.43. The Morgan fingerprint density at radius 3 is 2.65 bits per heavy atom. The van der Waals surface area contributed by atoms with Crippen LogP contribution in [0.5, 0.6) is 0 Å². The Balaban J connectivity index is 1.81. The molecule has 1 amide bonds. The molecular weight excluding hydrogens is 284 g/mol. The van der Waals surface area contributed by atoms with Crippen LogP contribution in [0.1, 0.15) is 23.2 Å². The Labute approximate surface area is 120 Å². The number of rotatable bonds is 3. The van der Waals surface area contributed by atoms with Crippen molar-refractivity contribution in [3.05, 3.63) is 38.9 Å². The van der Waals surface area contributed by atoms with Crippen LogP contribution in [-0.2, 0) is 0 Å². The van der Waals surface area contributed by atoms with Gasteiger partial charge in [0.15, 0.2) is 0 Å². The van der Waals surface area contributed by atoms with Gasteiger partial charge in [-0.15, -0.1) is 0 Å². The van der Waals surface area contributed by atoms with E-state index in [9.17, 15) is 20.0 Å². The minimum Gasteiger partial charge on any atom is -0.386 e. The van der Waals surface area contributed by atoms with E-state index in [-0.39, 0.29) is 35.3 Å². The van der Waals surface area contributed by atoms with E-state index in [1.54, 1.807) is 0 Å². The van der Waals surface area contributed by atoms with Gasteiger partial charge in [0.25, 0.3) is 11.6 Å². The van der Waals surface area contributed by atoms with Crippen molar-refractivity contribution in [2.75, 3.05) is 13.1 Å². The lowest BCUT2D eigenvalue weighted by atomic mass is 9.88. The van der Waals surface area contributed by atoms with Crippen LogP contribution in [0.25, 0.3) is 0 Å². The van der Waals surface area contributed by atoms with Gasteiger partial charge >= 0.3 is 0 Å². The molecule has 3 rings (SSSR count). The zero-order valence-electron chi connectivity index (χ0n) is 10.6. The van der Waals surface area contributed by atoms with Crippen LogP contribution in [0.4, 0.5) is 5.69 Å². The number of likely N-dealkylation sites (tertiary alicyclic amines) is 1. The third kappa shape index (κ3) is 2.14. The second-order valence-corrected chi connectivity index (χ2v) is 5.89. The molecule has 0 bridgehead atoms. The minimum absolute atomic E-state index is 0.0275. The van der Waals surface area contributed by atoms with E-state index in [4.69, 9.17) is 11.6 Å². The van der Waals surface area contributed by atoms with E-state index in [1.807, 2.05) is 0 Å². The summed E-state index contributed by atoms with van der Waals surface area (Å²) in [5.74, 6) is -0.189. The Hall–Kier alpha value is -1.66. The van der Waals surface area contributed by atoms with Gasteiger partial charge in [-0.05, 0) is 30.9 Å². The first kappa shape index (κ1) is 13.3. The lowest BCUT2D eigenvalue weighted by molar-refractivity contribution is -0.385. The largest absolute Gasteiger partial charge is 0.386 e. The maximum atomic E-state index is 12.3. The molecule has 0 aromatic heterocycles. The van der Waals surface area contributed by atoms with Gasteiger partial charge in [0.1, 0.15) is 11.2 Å². The smallest absolute Gasteiger partial charge is 0.282 e. The molecule has 0 atom stereocenters. The second-order valence-electron chi connectivity index (χ2n) is 5.46. The molecule has 1 aliphatic heterocycles. The minimum atomic E-state index is -0.803. The molecule has 0 unspecified atom stereocenters. The maximum absolute atomic E-state index is 12.3. The Morgan fingerprint density at radius 1 is 1.45 bits per heavy atom. The summed E-state index contributed by atoms with van der Waals surface area (Å²) in [5, 5.41) is 21.4. The van der Waals surface area contributed by atoms with E-state index in [0.29, 0.717) is 0 Å². The normalized spacial score (nSPS) is 20.4. The van der Waals surface area contributed by atoms with Crippen molar-refractivity contribution < 1.29 is 14.8 Å². The monoisotopic (exact) mass is 296 g/mol. The number of nitro benzene ring substituents is 1. The molecule has 1 aromatic carbocycles. The van der Waals surface area contributed by atoms with Crippen LogP contribution in [0.15, 0.2) is 18.2 Å². The van der Waals surface area contributed by atoms with Gasteiger partial charge in [0.2, 0.25) is 0 Å².